The van der Waals surface area contributed by atoms with Gasteiger partial charge >= 0.3 is 0 Å². The lowest BCUT2D eigenvalue weighted by atomic mass is 9.90. The third kappa shape index (κ3) is 2.96. The number of rotatable bonds is 5. The van der Waals surface area contributed by atoms with Crippen LogP contribution < -0.4 is 10.6 Å². The molecule has 0 saturated heterocycles. The van der Waals surface area contributed by atoms with Gasteiger partial charge in [-0.05, 0) is 37.9 Å². The van der Waals surface area contributed by atoms with Crippen molar-refractivity contribution in [1.82, 2.24) is 10.2 Å². The van der Waals surface area contributed by atoms with E-state index in [1.807, 2.05) is 12.1 Å². The molecule has 0 aromatic heterocycles. The summed E-state index contributed by atoms with van der Waals surface area (Å²) in [4.78, 5) is 14.7. The fraction of sp³-hybridized carbons (Fsp3) is 0.562. The highest BCUT2D eigenvalue weighted by molar-refractivity contribution is 5.86. The number of amides is 1. The average molecular weight is 273 g/mol. The smallest absolute Gasteiger partial charge is 0.227 e. The van der Waals surface area contributed by atoms with Crippen LogP contribution in [0.3, 0.4) is 0 Å². The molecule has 1 saturated carbocycles. The Bertz CT molecular complexity index is 484. The summed E-state index contributed by atoms with van der Waals surface area (Å²) in [6, 6.07) is 8.88. The molecule has 4 nitrogen and oxygen atoms in total. The fourth-order valence-corrected chi connectivity index (χ4v) is 2.92. The maximum absolute atomic E-state index is 12.4. The van der Waals surface area contributed by atoms with Crippen LogP contribution in [-0.4, -0.2) is 43.5 Å². The number of likely N-dealkylation sites (N-methyl/N-ethyl adjacent to an activating group) is 1. The SMILES string of the molecule is CN(CCNC(=O)C1CCNc2ccccc21)C1CC1. The zero-order chi connectivity index (χ0) is 13.9. The zero-order valence-electron chi connectivity index (χ0n) is 12.1. The summed E-state index contributed by atoms with van der Waals surface area (Å²) in [5.74, 6) is 0.168. The van der Waals surface area contributed by atoms with E-state index < -0.39 is 0 Å². The molecule has 1 unspecified atom stereocenters. The predicted molar refractivity (Wildman–Crippen MR) is 81.0 cm³/mol. The number of nitrogens with one attached hydrogen (secondary N) is 2. The molecule has 0 bridgehead atoms. The van der Waals surface area contributed by atoms with Crippen molar-refractivity contribution in [2.75, 3.05) is 32.0 Å². The molecule has 108 valence electrons. The van der Waals surface area contributed by atoms with E-state index in [1.54, 1.807) is 0 Å². The third-order valence-electron chi connectivity index (χ3n) is 4.34. The van der Waals surface area contributed by atoms with Gasteiger partial charge in [-0.2, -0.15) is 0 Å². The highest BCUT2D eigenvalue weighted by Crippen LogP contribution is 2.31. The first-order chi connectivity index (χ1) is 9.75. The zero-order valence-corrected chi connectivity index (χ0v) is 12.1. The average Bonchev–Trinajstić information content (AvgIpc) is 3.31. The summed E-state index contributed by atoms with van der Waals surface area (Å²) in [6.45, 7) is 2.57. The Hall–Kier alpha value is -1.55. The molecule has 1 aromatic rings. The van der Waals surface area contributed by atoms with Gasteiger partial charge in [-0.15, -0.1) is 0 Å². The maximum atomic E-state index is 12.4. The highest BCUT2D eigenvalue weighted by atomic mass is 16.1. The minimum absolute atomic E-state index is 0.00122. The van der Waals surface area contributed by atoms with Gasteiger partial charge in [0.05, 0.1) is 5.92 Å². The van der Waals surface area contributed by atoms with Crippen LogP contribution in [0.25, 0.3) is 0 Å². The number of carbonyl (C=O) groups excluding carboxylic acids is 1. The first-order valence-electron chi connectivity index (χ1n) is 7.56. The monoisotopic (exact) mass is 273 g/mol. The van der Waals surface area contributed by atoms with E-state index in [1.165, 1.54) is 12.8 Å². The van der Waals surface area contributed by atoms with Crippen LogP contribution >= 0.6 is 0 Å². The number of para-hydroxylation sites is 1. The first kappa shape index (κ1) is 13.4. The first-order valence-corrected chi connectivity index (χ1v) is 7.56. The van der Waals surface area contributed by atoms with Crippen LogP contribution in [0.2, 0.25) is 0 Å². The summed E-state index contributed by atoms with van der Waals surface area (Å²) in [7, 11) is 2.14. The predicted octanol–water partition coefficient (Wildman–Crippen LogP) is 1.80. The summed E-state index contributed by atoms with van der Waals surface area (Å²) >= 11 is 0. The van der Waals surface area contributed by atoms with Crippen molar-refractivity contribution in [1.29, 1.82) is 0 Å². The molecule has 1 amide bonds. The summed E-state index contributed by atoms with van der Waals surface area (Å²) in [6.07, 6.45) is 3.50. The number of benzene rings is 1. The molecular formula is C16H23N3O. The molecule has 3 rings (SSSR count). The Morgan fingerprint density at radius 2 is 2.15 bits per heavy atom. The van der Waals surface area contributed by atoms with Crippen molar-refractivity contribution in [3.8, 4) is 0 Å². The van der Waals surface area contributed by atoms with Gasteiger partial charge in [-0.3, -0.25) is 4.79 Å². The van der Waals surface area contributed by atoms with Gasteiger partial charge in [0.1, 0.15) is 0 Å². The van der Waals surface area contributed by atoms with Crippen molar-refractivity contribution in [2.45, 2.75) is 31.2 Å². The molecule has 4 heteroatoms. The van der Waals surface area contributed by atoms with Crippen molar-refractivity contribution in [3.05, 3.63) is 29.8 Å². The quantitative estimate of drug-likeness (QED) is 0.860. The van der Waals surface area contributed by atoms with Gasteiger partial charge in [0.25, 0.3) is 0 Å². The van der Waals surface area contributed by atoms with E-state index >= 15 is 0 Å². The molecule has 1 aliphatic heterocycles. The van der Waals surface area contributed by atoms with Gasteiger partial charge < -0.3 is 15.5 Å². The number of carbonyl (C=O) groups is 1. The van der Waals surface area contributed by atoms with Crippen molar-refractivity contribution < 1.29 is 4.79 Å². The van der Waals surface area contributed by atoms with Crippen LogP contribution in [-0.2, 0) is 4.79 Å². The van der Waals surface area contributed by atoms with Crippen LogP contribution in [0, 0.1) is 0 Å². The van der Waals surface area contributed by atoms with E-state index in [9.17, 15) is 4.79 Å². The van der Waals surface area contributed by atoms with E-state index in [2.05, 4.69) is 34.7 Å². The summed E-state index contributed by atoms with van der Waals surface area (Å²) < 4.78 is 0. The molecule has 1 aromatic carbocycles. The topological polar surface area (TPSA) is 44.4 Å². The molecule has 2 aliphatic rings. The number of nitrogens with zero attached hydrogens (tertiary/aromatic N) is 1. The third-order valence-corrected chi connectivity index (χ3v) is 4.34. The van der Waals surface area contributed by atoms with Crippen LogP contribution in [0.5, 0.6) is 0 Å². The Kier molecular flexibility index (Phi) is 3.92. The molecule has 2 N–H and O–H groups in total. The van der Waals surface area contributed by atoms with E-state index in [4.69, 9.17) is 0 Å². The number of hydrogen-bond acceptors (Lipinski definition) is 3. The lowest BCUT2D eigenvalue weighted by molar-refractivity contribution is -0.122. The van der Waals surface area contributed by atoms with Crippen molar-refractivity contribution in [2.24, 2.45) is 0 Å². The van der Waals surface area contributed by atoms with E-state index in [-0.39, 0.29) is 11.8 Å². The van der Waals surface area contributed by atoms with Gasteiger partial charge in [-0.25, -0.2) is 0 Å². The molecular weight excluding hydrogens is 250 g/mol. The molecule has 1 heterocycles. The highest BCUT2D eigenvalue weighted by Gasteiger charge is 2.27. The largest absolute Gasteiger partial charge is 0.385 e. The second-order valence-electron chi connectivity index (χ2n) is 5.86. The van der Waals surface area contributed by atoms with Crippen LogP contribution in [0.1, 0.15) is 30.7 Å². The Morgan fingerprint density at radius 3 is 2.95 bits per heavy atom. The molecule has 1 atom stereocenters. The lowest BCUT2D eigenvalue weighted by Crippen LogP contribution is -2.38. The molecule has 1 aliphatic carbocycles. The Morgan fingerprint density at radius 1 is 1.35 bits per heavy atom. The Balaban J connectivity index is 1.55. The van der Waals surface area contributed by atoms with E-state index in [0.717, 1.165) is 43.3 Å². The number of anilines is 1. The van der Waals surface area contributed by atoms with Gasteiger partial charge in [0.15, 0.2) is 0 Å². The van der Waals surface area contributed by atoms with Crippen molar-refractivity contribution >= 4 is 11.6 Å². The minimum atomic E-state index is -0.00122. The number of fused-ring (bicyclic) bond motifs is 1. The Labute approximate surface area is 120 Å². The van der Waals surface area contributed by atoms with Gasteiger partial charge in [0.2, 0.25) is 5.91 Å². The standard InChI is InChI=1S/C16H23N3O/c1-19(12-6-7-12)11-10-18-16(20)14-8-9-17-15-5-3-2-4-13(14)15/h2-5,12,14,17H,6-11H2,1H3,(H,18,20). The molecule has 20 heavy (non-hydrogen) atoms. The minimum Gasteiger partial charge on any atom is -0.385 e. The summed E-state index contributed by atoms with van der Waals surface area (Å²) in [5, 5.41) is 6.46. The second-order valence-corrected chi connectivity index (χ2v) is 5.86. The fourth-order valence-electron chi connectivity index (χ4n) is 2.92. The van der Waals surface area contributed by atoms with Gasteiger partial charge in [0, 0.05) is 31.4 Å². The van der Waals surface area contributed by atoms with Crippen molar-refractivity contribution in [3.63, 3.8) is 0 Å². The molecule has 0 spiro atoms. The molecule has 0 radical (unpaired) electrons. The van der Waals surface area contributed by atoms with Crippen LogP contribution in [0.4, 0.5) is 5.69 Å². The van der Waals surface area contributed by atoms with E-state index in [0.29, 0.717) is 0 Å². The lowest BCUT2D eigenvalue weighted by Gasteiger charge is -2.26. The van der Waals surface area contributed by atoms with Gasteiger partial charge in [-0.1, -0.05) is 18.2 Å². The maximum Gasteiger partial charge on any atom is 0.227 e. The van der Waals surface area contributed by atoms with Crippen LogP contribution in [0.15, 0.2) is 24.3 Å². The molecule has 1 fully saturated rings. The normalized spacial score (nSPS) is 21.2. The second kappa shape index (κ2) is 5.83. The summed E-state index contributed by atoms with van der Waals surface area (Å²) in [5.41, 5.74) is 2.24. The number of hydrogen-bond donors (Lipinski definition) is 2.